The van der Waals surface area contributed by atoms with E-state index in [0.717, 1.165) is 6.21 Å². The Kier molecular flexibility index (Phi) is 4.53. The van der Waals surface area contributed by atoms with Gasteiger partial charge in [-0.2, -0.15) is 16.8 Å². The highest BCUT2D eigenvalue weighted by atomic mass is 32.2. The number of hydrogen-bond acceptors (Lipinski definition) is 6. The average Bonchev–Trinajstić information content (AvgIpc) is 2.22. The summed E-state index contributed by atoms with van der Waals surface area (Å²) in [6.45, 7) is 4.94. The highest BCUT2D eigenvalue weighted by molar-refractivity contribution is 7.86. The molecular formula is C10H13FN2O6S2. The van der Waals surface area contributed by atoms with E-state index in [1.807, 2.05) is 0 Å². The molecule has 0 saturated heterocycles. The van der Waals surface area contributed by atoms with Gasteiger partial charge in [0.25, 0.3) is 0 Å². The van der Waals surface area contributed by atoms with E-state index in [1.165, 1.54) is 0 Å². The van der Waals surface area contributed by atoms with Gasteiger partial charge < -0.3 is 0 Å². The molecule has 0 radical (unpaired) electrons. The van der Waals surface area contributed by atoms with Crippen molar-refractivity contribution in [1.82, 2.24) is 4.98 Å². The molecule has 0 saturated carbocycles. The molecule has 1 aromatic heterocycles. The maximum absolute atomic E-state index is 13.9. The Morgan fingerprint density at radius 1 is 1.19 bits per heavy atom. The lowest BCUT2D eigenvalue weighted by Gasteiger charge is -2.12. The molecular weight excluding hydrogens is 327 g/mol. The van der Waals surface area contributed by atoms with Gasteiger partial charge >= 0.3 is 20.2 Å². The molecule has 1 aromatic rings. The molecule has 1 heterocycles. The summed E-state index contributed by atoms with van der Waals surface area (Å²) in [5, 5.41) is -2.48. The van der Waals surface area contributed by atoms with Gasteiger partial charge in [-0.25, -0.2) is 9.37 Å². The fraction of sp³-hybridized carbons (Fsp3) is 0.400. The highest BCUT2D eigenvalue weighted by Crippen LogP contribution is 2.20. The summed E-state index contributed by atoms with van der Waals surface area (Å²) in [7, 11) is -9.96. The van der Waals surface area contributed by atoms with E-state index in [2.05, 4.69) is 9.98 Å². The number of hydrogen-bond donors (Lipinski definition) is 2. The molecule has 118 valence electrons. The second-order valence-electron chi connectivity index (χ2n) is 5.04. The quantitative estimate of drug-likeness (QED) is 0.617. The Bertz CT molecular complexity index is 794. The Morgan fingerprint density at radius 3 is 2.10 bits per heavy atom. The third kappa shape index (κ3) is 4.81. The van der Waals surface area contributed by atoms with E-state index >= 15 is 0 Å². The third-order valence-electron chi connectivity index (χ3n) is 2.04. The number of nitrogens with zero attached hydrogens (tertiary/aromatic N) is 2. The lowest BCUT2D eigenvalue weighted by atomic mass is 10.1. The Balaban J connectivity index is 3.70. The van der Waals surface area contributed by atoms with Crippen molar-refractivity contribution >= 4 is 26.5 Å². The van der Waals surface area contributed by atoms with Gasteiger partial charge in [0, 0.05) is 12.3 Å². The molecule has 0 atom stereocenters. The van der Waals surface area contributed by atoms with Gasteiger partial charge in [-0.3, -0.25) is 14.1 Å². The fourth-order valence-electron chi connectivity index (χ4n) is 1.18. The van der Waals surface area contributed by atoms with E-state index in [9.17, 15) is 21.2 Å². The van der Waals surface area contributed by atoms with Crippen molar-refractivity contribution in [2.75, 3.05) is 0 Å². The van der Waals surface area contributed by atoms with Gasteiger partial charge in [-0.15, -0.1) is 0 Å². The molecule has 0 fully saturated rings. The minimum atomic E-state index is -5.02. The third-order valence-corrected chi connectivity index (χ3v) is 3.58. The molecule has 0 aliphatic rings. The summed E-state index contributed by atoms with van der Waals surface area (Å²) in [5.74, 6) is -1.32. The number of rotatable bonds is 3. The van der Waals surface area contributed by atoms with Gasteiger partial charge in [0.15, 0.2) is 10.1 Å². The van der Waals surface area contributed by atoms with Crippen LogP contribution in [-0.4, -0.2) is 42.7 Å². The topological polar surface area (TPSA) is 134 Å². The van der Waals surface area contributed by atoms with Gasteiger partial charge in [0.05, 0.1) is 11.1 Å². The van der Waals surface area contributed by atoms with Crippen molar-refractivity contribution in [2.45, 2.75) is 36.4 Å². The van der Waals surface area contributed by atoms with Gasteiger partial charge in [-0.05, 0) is 20.8 Å². The fourth-order valence-corrected chi connectivity index (χ4v) is 2.34. The molecule has 1 rings (SSSR count). The largest absolute Gasteiger partial charge is 0.312 e. The van der Waals surface area contributed by atoms with E-state index in [1.54, 1.807) is 20.8 Å². The summed E-state index contributed by atoms with van der Waals surface area (Å²) >= 11 is 0. The lowest BCUT2D eigenvalue weighted by molar-refractivity contribution is 0.467. The molecule has 0 unspecified atom stereocenters. The predicted octanol–water partition coefficient (Wildman–Crippen LogP) is 0.932. The molecule has 0 aliphatic carbocycles. The Hall–Kier alpha value is -1.43. The van der Waals surface area contributed by atoms with Crippen molar-refractivity contribution in [2.24, 2.45) is 4.99 Å². The maximum Gasteiger partial charge on any atom is 0.312 e. The van der Waals surface area contributed by atoms with Gasteiger partial charge in [-0.1, -0.05) is 0 Å². The van der Waals surface area contributed by atoms with Crippen molar-refractivity contribution in [3.63, 3.8) is 0 Å². The monoisotopic (exact) mass is 340 g/mol. The number of pyridine rings is 1. The van der Waals surface area contributed by atoms with Crippen molar-refractivity contribution in [3.05, 3.63) is 17.4 Å². The van der Waals surface area contributed by atoms with Crippen molar-refractivity contribution in [1.29, 1.82) is 0 Å². The van der Waals surface area contributed by atoms with Crippen LogP contribution in [0.4, 0.5) is 4.39 Å². The van der Waals surface area contributed by atoms with Crippen LogP contribution in [0.15, 0.2) is 21.1 Å². The van der Waals surface area contributed by atoms with Crippen LogP contribution in [0.3, 0.4) is 0 Å². The van der Waals surface area contributed by atoms with Gasteiger partial charge in [0.2, 0.25) is 0 Å². The second-order valence-corrected chi connectivity index (χ2v) is 7.75. The SMILES string of the molecule is CC(C)(C)N=Cc1c(F)cc(S(=O)(=O)O)nc1S(=O)(=O)O. The predicted molar refractivity (Wildman–Crippen MR) is 71.2 cm³/mol. The van der Waals surface area contributed by atoms with Crippen LogP contribution in [0, 0.1) is 5.82 Å². The van der Waals surface area contributed by atoms with E-state index in [4.69, 9.17) is 9.11 Å². The molecule has 8 nitrogen and oxygen atoms in total. The van der Waals surface area contributed by atoms with Crippen LogP contribution < -0.4 is 0 Å². The first-order chi connectivity index (χ1) is 9.22. The minimum Gasteiger partial charge on any atom is -0.287 e. The van der Waals surface area contributed by atoms with Crippen molar-refractivity contribution in [3.8, 4) is 0 Å². The first-order valence-corrected chi connectivity index (χ1v) is 8.30. The van der Waals surface area contributed by atoms with E-state index in [-0.39, 0.29) is 0 Å². The summed E-state index contributed by atoms with van der Waals surface area (Å²) < 4.78 is 75.9. The molecule has 0 spiro atoms. The Labute approximate surface area is 121 Å². The van der Waals surface area contributed by atoms with Crippen LogP contribution in [0.2, 0.25) is 0 Å². The Morgan fingerprint density at radius 2 is 1.71 bits per heavy atom. The van der Waals surface area contributed by atoms with Crippen molar-refractivity contribution < 1.29 is 30.3 Å². The van der Waals surface area contributed by atoms with Crippen LogP contribution >= 0.6 is 0 Å². The molecule has 0 aliphatic heterocycles. The zero-order valence-corrected chi connectivity index (χ0v) is 12.9. The van der Waals surface area contributed by atoms with E-state index in [0.29, 0.717) is 6.07 Å². The van der Waals surface area contributed by atoms with Crippen LogP contribution in [0.25, 0.3) is 0 Å². The van der Waals surface area contributed by atoms with Gasteiger partial charge in [0.1, 0.15) is 5.82 Å². The summed E-state index contributed by atoms with van der Waals surface area (Å²) in [6.07, 6.45) is 0.819. The zero-order chi connectivity index (χ0) is 16.6. The number of aromatic nitrogens is 1. The average molecular weight is 340 g/mol. The molecule has 0 bridgehead atoms. The first kappa shape index (κ1) is 17.6. The normalized spacial score (nSPS) is 13.8. The molecule has 0 aromatic carbocycles. The standard InChI is InChI=1S/C10H13FN2O6S2/c1-10(2,3)12-5-6-7(11)4-8(20(14,15)16)13-9(6)21(17,18)19/h4-5H,1-3H3,(H,14,15,16)(H,17,18,19). The first-order valence-electron chi connectivity index (χ1n) is 5.42. The lowest BCUT2D eigenvalue weighted by Crippen LogP contribution is -2.15. The highest BCUT2D eigenvalue weighted by Gasteiger charge is 2.25. The van der Waals surface area contributed by atoms with E-state index < -0.39 is 47.2 Å². The molecule has 0 amide bonds. The molecule has 2 N–H and O–H groups in total. The summed E-state index contributed by atoms with van der Waals surface area (Å²) in [5.41, 5.74) is -1.38. The van der Waals surface area contributed by atoms with Crippen LogP contribution in [0.5, 0.6) is 0 Å². The smallest absolute Gasteiger partial charge is 0.287 e. The van der Waals surface area contributed by atoms with Crippen LogP contribution in [0.1, 0.15) is 26.3 Å². The number of halogens is 1. The summed E-state index contributed by atoms with van der Waals surface area (Å²) in [6, 6.07) is 0.327. The minimum absolute atomic E-state index is 0.327. The zero-order valence-electron chi connectivity index (χ0n) is 11.3. The molecule has 11 heteroatoms. The molecule has 21 heavy (non-hydrogen) atoms. The van der Waals surface area contributed by atoms with Crippen LogP contribution in [-0.2, 0) is 20.2 Å². The maximum atomic E-state index is 13.9. The number of aliphatic imine (C=N–C) groups is 1. The second kappa shape index (κ2) is 5.40. The summed E-state index contributed by atoms with van der Waals surface area (Å²) in [4.78, 5) is 6.93.